The maximum Gasteiger partial charge on any atom is 0.274 e. The van der Waals surface area contributed by atoms with E-state index in [0.29, 0.717) is 24.8 Å². The van der Waals surface area contributed by atoms with Crippen LogP contribution in [-0.4, -0.2) is 64.1 Å². The molecule has 0 radical (unpaired) electrons. The van der Waals surface area contributed by atoms with Gasteiger partial charge in [-0.1, -0.05) is 0 Å². The van der Waals surface area contributed by atoms with Gasteiger partial charge in [-0.15, -0.1) is 0 Å². The van der Waals surface area contributed by atoms with E-state index in [1.807, 2.05) is 17.0 Å². The number of piperidine rings is 1. The number of likely N-dealkylation sites (tertiary alicyclic amines) is 1. The van der Waals surface area contributed by atoms with Gasteiger partial charge in [-0.25, -0.2) is 4.98 Å². The standard InChI is InChI=1S/C19H24N4O3/c1-22(13-16-3-2-10-25-16)15-11-19(26-14-15)4-8-23(9-5-19)18(24)17-12-20-6-7-21-17/h2-3,6-7,10,12,15H,4-5,8-9,11,13-14H2,1H3. The molecule has 2 fully saturated rings. The molecule has 2 saturated heterocycles. The van der Waals surface area contributed by atoms with Gasteiger partial charge in [-0.3, -0.25) is 14.7 Å². The molecule has 0 aromatic carbocycles. The van der Waals surface area contributed by atoms with Crippen LogP contribution in [0.1, 0.15) is 35.5 Å². The number of carbonyl (C=O) groups excluding carboxylic acids is 1. The molecule has 0 aliphatic carbocycles. The zero-order chi connectivity index (χ0) is 18.0. The van der Waals surface area contributed by atoms with Gasteiger partial charge in [-0.05, 0) is 38.4 Å². The third kappa shape index (κ3) is 3.50. The highest BCUT2D eigenvalue weighted by Crippen LogP contribution is 2.37. The van der Waals surface area contributed by atoms with Crippen LogP contribution in [0.4, 0.5) is 0 Å². The first-order chi connectivity index (χ1) is 12.7. The smallest absolute Gasteiger partial charge is 0.274 e. The summed E-state index contributed by atoms with van der Waals surface area (Å²) in [5.74, 6) is 0.926. The van der Waals surface area contributed by atoms with Crippen LogP contribution in [0.5, 0.6) is 0 Å². The van der Waals surface area contributed by atoms with Crippen molar-refractivity contribution < 1.29 is 13.9 Å². The maximum absolute atomic E-state index is 12.5. The number of amides is 1. The molecule has 2 aliphatic heterocycles. The molecular formula is C19H24N4O3. The van der Waals surface area contributed by atoms with E-state index in [2.05, 4.69) is 21.9 Å². The van der Waals surface area contributed by atoms with Crippen molar-refractivity contribution in [2.75, 3.05) is 26.7 Å². The Morgan fingerprint density at radius 3 is 2.92 bits per heavy atom. The molecule has 4 heterocycles. The van der Waals surface area contributed by atoms with Crippen molar-refractivity contribution in [3.8, 4) is 0 Å². The number of hydrogen-bond acceptors (Lipinski definition) is 6. The average Bonchev–Trinajstić information content (AvgIpc) is 3.33. The van der Waals surface area contributed by atoms with Gasteiger partial charge in [-0.2, -0.15) is 0 Å². The highest BCUT2D eigenvalue weighted by Gasteiger charge is 2.44. The van der Waals surface area contributed by atoms with Crippen molar-refractivity contribution in [1.82, 2.24) is 19.8 Å². The first-order valence-corrected chi connectivity index (χ1v) is 9.07. The zero-order valence-corrected chi connectivity index (χ0v) is 15.0. The Morgan fingerprint density at radius 2 is 2.23 bits per heavy atom. The first kappa shape index (κ1) is 17.2. The van der Waals surface area contributed by atoms with E-state index >= 15 is 0 Å². The molecule has 0 saturated carbocycles. The topological polar surface area (TPSA) is 71.7 Å². The third-order valence-corrected chi connectivity index (χ3v) is 5.54. The first-order valence-electron chi connectivity index (χ1n) is 9.07. The lowest BCUT2D eigenvalue weighted by Crippen LogP contribution is -2.47. The molecule has 2 aromatic heterocycles. The lowest BCUT2D eigenvalue weighted by atomic mass is 9.87. The third-order valence-electron chi connectivity index (χ3n) is 5.54. The molecule has 1 unspecified atom stereocenters. The molecule has 138 valence electrons. The highest BCUT2D eigenvalue weighted by atomic mass is 16.5. The molecule has 1 amide bonds. The number of furan rings is 1. The predicted octanol–water partition coefficient (Wildman–Crippen LogP) is 1.97. The minimum Gasteiger partial charge on any atom is -0.468 e. The van der Waals surface area contributed by atoms with Gasteiger partial charge in [0.2, 0.25) is 0 Å². The highest BCUT2D eigenvalue weighted by molar-refractivity contribution is 5.92. The fraction of sp³-hybridized carbons (Fsp3) is 0.526. The largest absolute Gasteiger partial charge is 0.468 e. The van der Waals surface area contributed by atoms with Crippen molar-refractivity contribution in [2.45, 2.75) is 37.5 Å². The molecule has 7 heteroatoms. The van der Waals surface area contributed by atoms with Crippen molar-refractivity contribution in [1.29, 1.82) is 0 Å². The monoisotopic (exact) mass is 356 g/mol. The summed E-state index contributed by atoms with van der Waals surface area (Å²) in [5, 5.41) is 0. The van der Waals surface area contributed by atoms with Gasteiger partial charge >= 0.3 is 0 Å². The van der Waals surface area contributed by atoms with E-state index in [-0.39, 0.29) is 11.5 Å². The van der Waals surface area contributed by atoms with Gasteiger partial charge in [0.15, 0.2) is 0 Å². The van der Waals surface area contributed by atoms with Gasteiger partial charge < -0.3 is 14.1 Å². The molecule has 2 aliphatic rings. The summed E-state index contributed by atoms with van der Waals surface area (Å²) in [7, 11) is 2.11. The summed E-state index contributed by atoms with van der Waals surface area (Å²) in [4.78, 5) is 24.8. The summed E-state index contributed by atoms with van der Waals surface area (Å²) >= 11 is 0. The molecular weight excluding hydrogens is 332 g/mol. The van der Waals surface area contributed by atoms with Crippen molar-refractivity contribution in [3.05, 3.63) is 48.4 Å². The lowest BCUT2D eigenvalue weighted by molar-refractivity contribution is -0.0394. The molecule has 4 rings (SSSR count). The maximum atomic E-state index is 12.5. The Hall–Kier alpha value is -2.25. The lowest BCUT2D eigenvalue weighted by Gasteiger charge is -2.38. The average molecular weight is 356 g/mol. The molecule has 1 spiro atoms. The Morgan fingerprint density at radius 1 is 1.38 bits per heavy atom. The summed E-state index contributed by atoms with van der Waals surface area (Å²) < 4.78 is 11.7. The summed E-state index contributed by atoms with van der Waals surface area (Å²) in [6.07, 6.45) is 9.09. The fourth-order valence-electron chi connectivity index (χ4n) is 3.92. The number of nitrogens with zero attached hydrogens (tertiary/aromatic N) is 4. The van der Waals surface area contributed by atoms with Crippen molar-refractivity contribution in [3.63, 3.8) is 0 Å². The van der Waals surface area contributed by atoms with Crippen LogP contribution in [-0.2, 0) is 11.3 Å². The van der Waals surface area contributed by atoms with E-state index < -0.39 is 0 Å². The number of carbonyl (C=O) groups is 1. The number of ether oxygens (including phenoxy) is 1. The van der Waals surface area contributed by atoms with E-state index in [0.717, 1.165) is 38.2 Å². The molecule has 1 atom stereocenters. The second-order valence-electron chi connectivity index (χ2n) is 7.23. The molecule has 7 nitrogen and oxygen atoms in total. The van der Waals surface area contributed by atoms with Crippen LogP contribution in [0.2, 0.25) is 0 Å². The van der Waals surface area contributed by atoms with Crippen LogP contribution in [0, 0.1) is 0 Å². The number of likely N-dealkylation sites (N-methyl/N-ethyl adjacent to an activating group) is 1. The summed E-state index contributed by atoms with van der Waals surface area (Å²) in [5.41, 5.74) is 0.299. The fourth-order valence-corrected chi connectivity index (χ4v) is 3.92. The van der Waals surface area contributed by atoms with Crippen LogP contribution >= 0.6 is 0 Å². The number of hydrogen-bond donors (Lipinski definition) is 0. The van der Waals surface area contributed by atoms with Crippen molar-refractivity contribution in [2.24, 2.45) is 0 Å². The Bertz CT molecular complexity index is 727. The summed E-state index contributed by atoms with van der Waals surface area (Å²) in [6, 6.07) is 4.29. The Labute approximate surface area is 153 Å². The molecule has 26 heavy (non-hydrogen) atoms. The van der Waals surface area contributed by atoms with E-state index in [1.165, 1.54) is 6.20 Å². The van der Waals surface area contributed by atoms with Gasteiger partial charge in [0, 0.05) is 31.5 Å². The predicted molar refractivity (Wildman–Crippen MR) is 94.4 cm³/mol. The summed E-state index contributed by atoms with van der Waals surface area (Å²) in [6.45, 7) is 2.91. The van der Waals surface area contributed by atoms with Crippen LogP contribution in [0.25, 0.3) is 0 Å². The molecule has 2 aromatic rings. The minimum absolute atomic E-state index is 0.0440. The second-order valence-corrected chi connectivity index (χ2v) is 7.23. The zero-order valence-electron chi connectivity index (χ0n) is 15.0. The van der Waals surface area contributed by atoms with E-state index in [1.54, 1.807) is 18.7 Å². The van der Waals surface area contributed by atoms with Gasteiger partial charge in [0.1, 0.15) is 11.5 Å². The Kier molecular flexibility index (Phi) is 4.74. The van der Waals surface area contributed by atoms with Crippen LogP contribution in [0.15, 0.2) is 41.4 Å². The quantitative estimate of drug-likeness (QED) is 0.834. The van der Waals surface area contributed by atoms with E-state index in [4.69, 9.17) is 9.15 Å². The molecule has 0 N–H and O–H groups in total. The number of rotatable bonds is 4. The van der Waals surface area contributed by atoms with E-state index in [9.17, 15) is 4.79 Å². The normalized spacial score (nSPS) is 22.2. The van der Waals surface area contributed by atoms with Crippen LogP contribution in [0.3, 0.4) is 0 Å². The van der Waals surface area contributed by atoms with Gasteiger partial charge in [0.05, 0.1) is 31.2 Å². The van der Waals surface area contributed by atoms with Crippen molar-refractivity contribution >= 4 is 5.91 Å². The molecule has 0 bridgehead atoms. The van der Waals surface area contributed by atoms with Crippen LogP contribution < -0.4 is 0 Å². The second kappa shape index (κ2) is 7.17. The SMILES string of the molecule is CN(Cc1ccco1)C1COC2(CCN(C(=O)c3cnccn3)CC2)C1. The minimum atomic E-state index is -0.110. The Balaban J connectivity index is 1.32. The van der Waals surface area contributed by atoms with Gasteiger partial charge in [0.25, 0.3) is 5.91 Å². The number of aromatic nitrogens is 2.